The Hall–Kier alpha value is -2.91. The van der Waals surface area contributed by atoms with Crippen LogP contribution in [0.3, 0.4) is 0 Å². The zero-order chi connectivity index (χ0) is 22.4. The van der Waals surface area contributed by atoms with E-state index < -0.39 is 22.6 Å². The molecule has 9 heteroatoms. The molecule has 3 rings (SSSR count). The van der Waals surface area contributed by atoms with Crippen molar-refractivity contribution in [1.29, 1.82) is 0 Å². The number of benzene rings is 2. The summed E-state index contributed by atoms with van der Waals surface area (Å²) < 4.78 is 33.6. The van der Waals surface area contributed by atoms with Crippen molar-refractivity contribution in [2.24, 2.45) is 5.14 Å². The summed E-state index contributed by atoms with van der Waals surface area (Å²) in [5.41, 5.74) is 0.634. The predicted octanol–water partition coefficient (Wildman–Crippen LogP) is 2.87. The molecule has 1 aliphatic rings. The summed E-state index contributed by atoms with van der Waals surface area (Å²) in [6.45, 7) is -0.479. The van der Waals surface area contributed by atoms with Gasteiger partial charge in [-0.2, -0.15) is 0 Å². The Labute approximate surface area is 182 Å². The molecule has 0 radical (unpaired) electrons. The van der Waals surface area contributed by atoms with Gasteiger partial charge in [-0.15, -0.1) is 0 Å². The van der Waals surface area contributed by atoms with Crippen molar-refractivity contribution in [3.8, 4) is 5.75 Å². The van der Waals surface area contributed by atoms with Crippen LogP contribution in [0.1, 0.15) is 42.5 Å². The van der Waals surface area contributed by atoms with E-state index in [0.717, 1.165) is 43.9 Å². The molecule has 1 fully saturated rings. The Bertz CT molecular complexity index is 1030. The van der Waals surface area contributed by atoms with Gasteiger partial charge in [-0.05, 0) is 43.2 Å². The van der Waals surface area contributed by atoms with E-state index in [1.54, 1.807) is 4.90 Å². The lowest BCUT2D eigenvalue weighted by Crippen LogP contribution is -2.43. The van der Waals surface area contributed by atoms with Gasteiger partial charge in [-0.1, -0.05) is 37.5 Å². The normalized spacial score (nSPS) is 14.6. The van der Waals surface area contributed by atoms with E-state index in [9.17, 15) is 18.0 Å². The number of nitrogens with two attached hydrogens (primary N) is 1. The lowest BCUT2D eigenvalue weighted by atomic mass is 9.93. The highest BCUT2D eigenvalue weighted by atomic mass is 32.2. The van der Waals surface area contributed by atoms with Gasteiger partial charge in [0.1, 0.15) is 11.3 Å². The molecular weight excluding hydrogens is 420 g/mol. The molecule has 2 aromatic carbocycles. The van der Waals surface area contributed by atoms with Crippen LogP contribution < -0.4 is 14.8 Å². The third-order valence-corrected chi connectivity index (χ3v) is 6.20. The smallest absolute Gasteiger partial charge is 0.342 e. The molecule has 2 aromatic rings. The van der Waals surface area contributed by atoms with Crippen LogP contribution in [0, 0.1) is 0 Å². The van der Waals surface area contributed by atoms with E-state index in [0.29, 0.717) is 0 Å². The van der Waals surface area contributed by atoms with E-state index in [4.69, 9.17) is 14.6 Å². The molecular formula is C22H26N2O6S. The third kappa shape index (κ3) is 5.62. The van der Waals surface area contributed by atoms with E-state index in [2.05, 4.69) is 0 Å². The standard InChI is InChI=1S/C22H26N2O6S/c1-29-20-13-12-18(31(23,27)28)14-19(20)22(26)30-15-21(25)24(16-8-4-2-5-9-16)17-10-6-3-7-11-17/h2,4-5,8-9,12-14,17H,3,6-7,10-11,15H2,1H3,(H2,23,27,28). The summed E-state index contributed by atoms with van der Waals surface area (Å²) in [4.78, 5) is 27.1. The minimum absolute atomic E-state index is 0.0441. The van der Waals surface area contributed by atoms with Crippen molar-refractivity contribution in [1.82, 2.24) is 0 Å². The van der Waals surface area contributed by atoms with Crippen molar-refractivity contribution in [2.75, 3.05) is 18.6 Å². The van der Waals surface area contributed by atoms with Crippen LogP contribution in [-0.2, 0) is 19.6 Å². The molecule has 31 heavy (non-hydrogen) atoms. The number of hydrogen-bond donors (Lipinski definition) is 1. The van der Waals surface area contributed by atoms with Gasteiger partial charge >= 0.3 is 5.97 Å². The van der Waals surface area contributed by atoms with Crippen molar-refractivity contribution in [2.45, 2.75) is 43.0 Å². The average Bonchev–Trinajstić information content (AvgIpc) is 2.78. The van der Waals surface area contributed by atoms with Gasteiger partial charge in [0.2, 0.25) is 10.0 Å². The molecule has 0 aromatic heterocycles. The molecule has 8 nitrogen and oxygen atoms in total. The number of anilines is 1. The maximum Gasteiger partial charge on any atom is 0.342 e. The summed E-state index contributed by atoms with van der Waals surface area (Å²) in [5, 5.41) is 5.14. The number of sulfonamides is 1. The van der Waals surface area contributed by atoms with Crippen molar-refractivity contribution >= 4 is 27.6 Å². The fourth-order valence-corrected chi connectivity index (χ4v) is 4.32. The summed E-state index contributed by atoms with van der Waals surface area (Å²) in [7, 11) is -2.68. The van der Waals surface area contributed by atoms with Crippen LogP contribution in [-0.4, -0.2) is 40.1 Å². The zero-order valence-corrected chi connectivity index (χ0v) is 18.1. The minimum atomic E-state index is -4.02. The topological polar surface area (TPSA) is 116 Å². The minimum Gasteiger partial charge on any atom is -0.496 e. The number of carbonyl (C=O) groups is 2. The molecule has 166 valence electrons. The highest BCUT2D eigenvalue weighted by Gasteiger charge is 2.28. The van der Waals surface area contributed by atoms with Gasteiger partial charge in [0.05, 0.1) is 12.0 Å². The molecule has 0 heterocycles. The molecule has 0 spiro atoms. The Morgan fingerprint density at radius 1 is 1.06 bits per heavy atom. The summed E-state index contributed by atoms with van der Waals surface area (Å²) in [6.07, 6.45) is 5.00. The number of nitrogens with zero attached hydrogens (tertiary/aromatic N) is 1. The van der Waals surface area contributed by atoms with Gasteiger partial charge in [0.25, 0.3) is 5.91 Å². The van der Waals surface area contributed by atoms with Crippen LogP contribution in [0.25, 0.3) is 0 Å². The molecule has 0 atom stereocenters. The molecule has 0 unspecified atom stereocenters. The maximum atomic E-state index is 13.1. The Morgan fingerprint density at radius 3 is 2.35 bits per heavy atom. The molecule has 1 amide bonds. The summed E-state index contributed by atoms with van der Waals surface area (Å²) in [6, 6.07) is 13.0. The fraction of sp³-hybridized carbons (Fsp3) is 0.364. The number of methoxy groups -OCH3 is 1. The number of primary sulfonamides is 1. The first-order chi connectivity index (χ1) is 14.8. The van der Waals surface area contributed by atoms with E-state index in [1.807, 2.05) is 30.3 Å². The largest absolute Gasteiger partial charge is 0.496 e. The maximum absolute atomic E-state index is 13.1. The monoisotopic (exact) mass is 446 g/mol. The van der Waals surface area contributed by atoms with E-state index in [1.165, 1.54) is 19.2 Å². The van der Waals surface area contributed by atoms with Gasteiger partial charge in [0.15, 0.2) is 6.61 Å². The fourth-order valence-electron chi connectivity index (χ4n) is 3.78. The van der Waals surface area contributed by atoms with Gasteiger partial charge in [-0.25, -0.2) is 18.4 Å². The second kappa shape index (κ2) is 9.93. The van der Waals surface area contributed by atoms with Crippen molar-refractivity contribution in [3.05, 3.63) is 54.1 Å². The van der Waals surface area contributed by atoms with Gasteiger partial charge < -0.3 is 14.4 Å². The molecule has 1 saturated carbocycles. The Balaban J connectivity index is 1.78. The first kappa shape index (κ1) is 22.8. The van der Waals surface area contributed by atoms with Crippen LogP contribution in [0.4, 0.5) is 5.69 Å². The summed E-state index contributed by atoms with van der Waals surface area (Å²) in [5.74, 6) is -1.09. The van der Waals surface area contributed by atoms with Crippen LogP contribution >= 0.6 is 0 Å². The molecule has 0 aliphatic heterocycles. The Kier molecular flexibility index (Phi) is 7.29. The second-order valence-electron chi connectivity index (χ2n) is 7.37. The van der Waals surface area contributed by atoms with E-state index in [-0.39, 0.29) is 28.2 Å². The van der Waals surface area contributed by atoms with Crippen molar-refractivity contribution < 1.29 is 27.5 Å². The SMILES string of the molecule is COc1ccc(S(N)(=O)=O)cc1C(=O)OCC(=O)N(c1ccccc1)C1CCCCC1. The number of carbonyl (C=O) groups excluding carboxylic acids is 2. The molecule has 2 N–H and O–H groups in total. The van der Waals surface area contributed by atoms with Crippen molar-refractivity contribution in [3.63, 3.8) is 0 Å². The lowest BCUT2D eigenvalue weighted by Gasteiger charge is -2.34. The Morgan fingerprint density at radius 2 is 1.74 bits per heavy atom. The number of rotatable bonds is 7. The molecule has 0 saturated heterocycles. The number of hydrogen-bond acceptors (Lipinski definition) is 6. The highest BCUT2D eigenvalue weighted by Crippen LogP contribution is 2.28. The third-order valence-electron chi connectivity index (χ3n) is 5.29. The first-order valence-corrected chi connectivity index (χ1v) is 11.6. The summed E-state index contributed by atoms with van der Waals surface area (Å²) >= 11 is 0. The number of ether oxygens (including phenoxy) is 2. The first-order valence-electron chi connectivity index (χ1n) is 10.1. The zero-order valence-electron chi connectivity index (χ0n) is 17.3. The number of esters is 1. The van der Waals surface area contributed by atoms with Crippen LogP contribution in [0.15, 0.2) is 53.4 Å². The predicted molar refractivity (Wildman–Crippen MR) is 115 cm³/mol. The number of amides is 1. The van der Waals surface area contributed by atoms with Crippen LogP contribution in [0.5, 0.6) is 5.75 Å². The molecule has 0 bridgehead atoms. The molecule has 1 aliphatic carbocycles. The quantitative estimate of drug-likeness (QED) is 0.654. The lowest BCUT2D eigenvalue weighted by molar-refractivity contribution is -0.122. The highest BCUT2D eigenvalue weighted by molar-refractivity contribution is 7.89. The second-order valence-corrected chi connectivity index (χ2v) is 8.94. The van der Waals surface area contributed by atoms with Gasteiger partial charge in [-0.3, -0.25) is 4.79 Å². The van der Waals surface area contributed by atoms with Crippen LogP contribution in [0.2, 0.25) is 0 Å². The average molecular weight is 447 g/mol. The van der Waals surface area contributed by atoms with E-state index >= 15 is 0 Å². The van der Waals surface area contributed by atoms with Gasteiger partial charge in [0, 0.05) is 11.7 Å². The number of para-hydroxylation sites is 1.